The van der Waals surface area contributed by atoms with Crippen LogP contribution in [0.25, 0.3) is 16.7 Å². The third-order valence-corrected chi connectivity index (χ3v) is 4.74. The number of aliphatic hydroxyl groups excluding tert-OH is 1. The Morgan fingerprint density at radius 2 is 2.12 bits per heavy atom. The number of nitrogens with zero attached hydrogens (tertiary/aromatic N) is 5. The molecule has 1 N–H and O–H groups in total. The molecular formula is C17H21N5O2. The van der Waals surface area contributed by atoms with Crippen LogP contribution in [0.3, 0.4) is 0 Å². The van der Waals surface area contributed by atoms with Gasteiger partial charge >= 0.3 is 0 Å². The van der Waals surface area contributed by atoms with Crippen LogP contribution in [0.4, 0.5) is 0 Å². The lowest BCUT2D eigenvalue weighted by Crippen LogP contribution is -2.30. The summed E-state index contributed by atoms with van der Waals surface area (Å²) >= 11 is 0. The summed E-state index contributed by atoms with van der Waals surface area (Å²) in [6, 6.07) is 6.38. The van der Waals surface area contributed by atoms with Crippen LogP contribution in [0, 0.1) is 6.92 Å². The monoisotopic (exact) mass is 327 g/mol. The van der Waals surface area contributed by atoms with Crippen molar-refractivity contribution < 1.29 is 5.11 Å². The van der Waals surface area contributed by atoms with E-state index in [-0.39, 0.29) is 12.2 Å². The van der Waals surface area contributed by atoms with Gasteiger partial charge in [0.25, 0.3) is 5.56 Å². The van der Waals surface area contributed by atoms with Gasteiger partial charge in [-0.25, -0.2) is 0 Å². The molecule has 7 nitrogen and oxygen atoms in total. The molecule has 0 aliphatic heterocycles. The van der Waals surface area contributed by atoms with Crippen LogP contribution in [-0.2, 0) is 13.6 Å². The minimum Gasteiger partial charge on any atom is -0.395 e. The molecule has 24 heavy (non-hydrogen) atoms. The van der Waals surface area contributed by atoms with E-state index in [2.05, 4.69) is 15.1 Å². The first-order chi connectivity index (χ1) is 11.6. The first kappa shape index (κ1) is 15.3. The highest BCUT2D eigenvalue weighted by atomic mass is 16.3. The third kappa shape index (κ3) is 2.40. The Hall–Kier alpha value is -2.25. The molecule has 3 aromatic rings. The van der Waals surface area contributed by atoms with Crippen molar-refractivity contribution in [3.8, 4) is 0 Å². The second kappa shape index (κ2) is 5.68. The second-order valence-electron chi connectivity index (χ2n) is 6.56. The van der Waals surface area contributed by atoms with Gasteiger partial charge in [-0.1, -0.05) is 11.6 Å². The lowest BCUT2D eigenvalue weighted by molar-refractivity contribution is 0.180. The lowest BCUT2D eigenvalue weighted by Gasteiger charge is -2.19. The maximum absolute atomic E-state index is 12.6. The summed E-state index contributed by atoms with van der Waals surface area (Å²) in [6.45, 7) is 3.36. The van der Waals surface area contributed by atoms with Crippen LogP contribution in [0.5, 0.6) is 0 Å². The summed E-state index contributed by atoms with van der Waals surface area (Å²) in [5.41, 5.74) is 1.82. The standard InChI is InChI=1S/C17H21N5O2/c1-11-3-6-14-13(9-11)16(24)20(2)17-19-18-15(22(14)17)10-21(7-8-23)12-4-5-12/h3,6,9,12,23H,4-5,7-8,10H2,1-2H3. The van der Waals surface area contributed by atoms with Gasteiger partial charge in [0, 0.05) is 19.6 Å². The SMILES string of the molecule is Cc1ccc2c(c1)c(=O)n(C)c1nnc(CN(CCO)C3CC3)n21. The van der Waals surface area contributed by atoms with Gasteiger partial charge in [0.1, 0.15) is 0 Å². The Kier molecular flexibility index (Phi) is 3.62. The van der Waals surface area contributed by atoms with E-state index in [4.69, 9.17) is 0 Å². The molecule has 0 amide bonds. The van der Waals surface area contributed by atoms with E-state index in [9.17, 15) is 9.90 Å². The van der Waals surface area contributed by atoms with Crippen LogP contribution in [-0.4, -0.2) is 48.4 Å². The maximum atomic E-state index is 12.6. The molecule has 0 saturated heterocycles. The zero-order valence-corrected chi connectivity index (χ0v) is 13.9. The molecule has 126 valence electrons. The smallest absolute Gasteiger partial charge is 0.262 e. The fraction of sp³-hybridized carbons (Fsp3) is 0.471. The summed E-state index contributed by atoms with van der Waals surface area (Å²) in [5, 5.41) is 18.5. The highest BCUT2D eigenvalue weighted by Crippen LogP contribution is 2.28. The van der Waals surface area contributed by atoms with E-state index in [1.54, 1.807) is 11.6 Å². The zero-order valence-electron chi connectivity index (χ0n) is 13.9. The number of hydrogen-bond donors (Lipinski definition) is 1. The minimum absolute atomic E-state index is 0.0606. The quantitative estimate of drug-likeness (QED) is 0.752. The topological polar surface area (TPSA) is 75.7 Å². The maximum Gasteiger partial charge on any atom is 0.262 e. The van der Waals surface area contributed by atoms with Crippen molar-refractivity contribution in [2.45, 2.75) is 32.4 Å². The van der Waals surface area contributed by atoms with Crippen LogP contribution >= 0.6 is 0 Å². The molecule has 0 atom stereocenters. The fourth-order valence-electron chi connectivity index (χ4n) is 3.30. The van der Waals surface area contributed by atoms with Crippen molar-refractivity contribution in [2.75, 3.05) is 13.2 Å². The number of aryl methyl sites for hydroxylation is 2. The molecule has 0 radical (unpaired) electrons. The average molecular weight is 327 g/mol. The number of hydrogen-bond acceptors (Lipinski definition) is 5. The summed E-state index contributed by atoms with van der Waals surface area (Å²) in [7, 11) is 1.73. The normalized spacial score (nSPS) is 15.0. The van der Waals surface area contributed by atoms with E-state index in [0.29, 0.717) is 30.3 Å². The van der Waals surface area contributed by atoms with Gasteiger partial charge in [0.15, 0.2) is 5.82 Å². The van der Waals surface area contributed by atoms with Crippen LogP contribution in [0.15, 0.2) is 23.0 Å². The van der Waals surface area contributed by atoms with E-state index in [1.807, 2.05) is 29.5 Å². The van der Waals surface area contributed by atoms with Gasteiger partial charge in [-0.05, 0) is 31.9 Å². The van der Waals surface area contributed by atoms with Crippen molar-refractivity contribution in [1.29, 1.82) is 0 Å². The summed E-state index contributed by atoms with van der Waals surface area (Å²) < 4.78 is 3.51. The molecule has 1 aliphatic rings. The summed E-state index contributed by atoms with van der Waals surface area (Å²) in [4.78, 5) is 14.8. The molecule has 1 aliphatic carbocycles. The molecule has 1 aromatic carbocycles. The Morgan fingerprint density at radius 3 is 2.83 bits per heavy atom. The van der Waals surface area contributed by atoms with Gasteiger partial charge < -0.3 is 5.11 Å². The van der Waals surface area contributed by atoms with Crippen molar-refractivity contribution in [2.24, 2.45) is 7.05 Å². The van der Waals surface area contributed by atoms with Crippen molar-refractivity contribution in [3.63, 3.8) is 0 Å². The largest absolute Gasteiger partial charge is 0.395 e. The first-order valence-electron chi connectivity index (χ1n) is 8.28. The molecular weight excluding hydrogens is 306 g/mol. The molecule has 7 heteroatoms. The summed E-state index contributed by atoms with van der Waals surface area (Å²) in [5.74, 6) is 1.35. The molecule has 4 rings (SSSR count). The molecule has 1 fully saturated rings. The molecule has 0 unspecified atom stereocenters. The fourth-order valence-corrected chi connectivity index (χ4v) is 3.30. The Bertz CT molecular complexity index is 970. The van der Waals surface area contributed by atoms with E-state index < -0.39 is 0 Å². The van der Waals surface area contributed by atoms with Crippen molar-refractivity contribution >= 4 is 16.7 Å². The van der Waals surface area contributed by atoms with Gasteiger partial charge in [-0.3, -0.25) is 18.7 Å². The predicted molar refractivity (Wildman–Crippen MR) is 91.0 cm³/mol. The van der Waals surface area contributed by atoms with Crippen LogP contribution < -0.4 is 5.56 Å². The van der Waals surface area contributed by atoms with E-state index >= 15 is 0 Å². The Labute approximate surface area is 139 Å². The van der Waals surface area contributed by atoms with Gasteiger partial charge in [0.2, 0.25) is 5.78 Å². The zero-order chi connectivity index (χ0) is 16.8. The number of aromatic nitrogens is 4. The first-order valence-corrected chi connectivity index (χ1v) is 8.28. The number of rotatable bonds is 5. The minimum atomic E-state index is -0.0606. The lowest BCUT2D eigenvalue weighted by atomic mass is 10.1. The molecule has 0 spiro atoms. The Balaban J connectivity index is 1.91. The third-order valence-electron chi connectivity index (χ3n) is 4.74. The van der Waals surface area contributed by atoms with Crippen LogP contribution in [0.2, 0.25) is 0 Å². The highest BCUT2D eigenvalue weighted by Gasteiger charge is 2.30. The van der Waals surface area contributed by atoms with Gasteiger partial charge in [0.05, 0.1) is 24.1 Å². The van der Waals surface area contributed by atoms with Crippen LogP contribution in [0.1, 0.15) is 24.2 Å². The van der Waals surface area contributed by atoms with Crippen molar-refractivity contribution in [3.05, 3.63) is 39.9 Å². The van der Waals surface area contributed by atoms with Gasteiger partial charge in [-0.15, -0.1) is 10.2 Å². The Morgan fingerprint density at radius 1 is 1.33 bits per heavy atom. The average Bonchev–Trinajstić information content (AvgIpc) is 3.33. The predicted octanol–water partition coefficient (Wildman–Crippen LogP) is 0.846. The number of aliphatic hydroxyl groups is 1. The second-order valence-corrected chi connectivity index (χ2v) is 6.56. The van der Waals surface area contributed by atoms with E-state index in [0.717, 1.165) is 29.7 Å². The van der Waals surface area contributed by atoms with E-state index in [1.165, 1.54) is 0 Å². The molecule has 2 heterocycles. The molecule has 1 saturated carbocycles. The van der Waals surface area contributed by atoms with Crippen molar-refractivity contribution in [1.82, 2.24) is 24.1 Å². The molecule has 0 bridgehead atoms. The number of benzene rings is 1. The highest BCUT2D eigenvalue weighted by molar-refractivity contribution is 5.81. The molecule has 2 aromatic heterocycles. The van der Waals surface area contributed by atoms with Gasteiger partial charge in [-0.2, -0.15) is 0 Å². The number of fused-ring (bicyclic) bond motifs is 3. The summed E-state index contributed by atoms with van der Waals surface area (Å²) in [6.07, 6.45) is 2.32.